The number of esters is 1. The van der Waals surface area contributed by atoms with Gasteiger partial charge < -0.3 is 9.26 Å². The van der Waals surface area contributed by atoms with E-state index in [-0.39, 0.29) is 18.3 Å². The lowest BCUT2D eigenvalue weighted by Crippen LogP contribution is -2.05. The molecule has 0 unspecified atom stereocenters. The maximum absolute atomic E-state index is 12.8. The highest BCUT2D eigenvalue weighted by Crippen LogP contribution is 2.09. The van der Waals surface area contributed by atoms with Gasteiger partial charge in [0.05, 0.1) is 5.56 Å². The van der Waals surface area contributed by atoms with Crippen molar-refractivity contribution in [2.75, 3.05) is 0 Å². The zero-order valence-corrected chi connectivity index (χ0v) is 12.0. The molecule has 0 bridgehead atoms. The first-order valence-electron chi connectivity index (χ1n) is 6.84. The predicted molar refractivity (Wildman–Crippen MR) is 76.9 cm³/mol. The van der Waals surface area contributed by atoms with Crippen LogP contribution in [0.4, 0.5) is 4.39 Å². The summed E-state index contributed by atoms with van der Waals surface area (Å²) in [5.41, 5.74) is 1.25. The second kappa shape index (κ2) is 6.78. The second-order valence-corrected chi connectivity index (χ2v) is 4.72. The third-order valence-corrected chi connectivity index (χ3v) is 3.03. The van der Waals surface area contributed by atoms with Gasteiger partial charge in [0.2, 0.25) is 0 Å². The van der Waals surface area contributed by atoms with Crippen molar-refractivity contribution in [3.63, 3.8) is 0 Å². The quantitative estimate of drug-likeness (QED) is 0.674. The molecular formula is C16H12FN3O3. The molecule has 0 spiro atoms. The Balaban J connectivity index is 1.57. The van der Waals surface area contributed by atoms with Crippen molar-refractivity contribution < 1.29 is 18.4 Å². The van der Waals surface area contributed by atoms with Crippen LogP contribution in [0.3, 0.4) is 0 Å². The van der Waals surface area contributed by atoms with Crippen molar-refractivity contribution >= 4 is 5.97 Å². The van der Waals surface area contributed by atoms with E-state index >= 15 is 0 Å². The molecule has 1 aromatic carbocycles. The molecule has 6 nitrogen and oxygen atoms in total. The van der Waals surface area contributed by atoms with Crippen LogP contribution >= 0.6 is 0 Å². The van der Waals surface area contributed by atoms with Crippen LogP contribution in [0.25, 0.3) is 0 Å². The molecule has 3 aromatic rings. The van der Waals surface area contributed by atoms with E-state index in [1.165, 1.54) is 24.5 Å². The van der Waals surface area contributed by atoms with E-state index in [9.17, 15) is 9.18 Å². The Morgan fingerprint density at radius 1 is 1.13 bits per heavy atom. The van der Waals surface area contributed by atoms with Crippen LogP contribution < -0.4 is 0 Å². The number of pyridine rings is 1. The molecule has 0 saturated carbocycles. The molecule has 116 valence electrons. The van der Waals surface area contributed by atoms with Gasteiger partial charge >= 0.3 is 5.97 Å². The fourth-order valence-electron chi connectivity index (χ4n) is 1.90. The van der Waals surface area contributed by atoms with E-state index in [0.717, 1.165) is 5.56 Å². The Morgan fingerprint density at radius 3 is 2.61 bits per heavy atom. The maximum atomic E-state index is 12.8. The fourth-order valence-corrected chi connectivity index (χ4v) is 1.90. The van der Waals surface area contributed by atoms with Gasteiger partial charge in [-0.1, -0.05) is 17.3 Å². The van der Waals surface area contributed by atoms with Crippen molar-refractivity contribution in [2.45, 2.75) is 13.0 Å². The monoisotopic (exact) mass is 313 g/mol. The molecule has 0 radical (unpaired) electrons. The van der Waals surface area contributed by atoms with Gasteiger partial charge in [-0.3, -0.25) is 4.98 Å². The highest BCUT2D eigenvalue weighted by Gasteiger charge is 2.11. The van der Waals surface area contributed by atoms with Gasteiger partial charge in [-0.2, -0.15) is 4.98 Å². The summed E-state index contributed by atoms with van der Waals surface area (Å²) in [6, 6.07) is 9.13. The number of aromatic nitrogens is 3. The topological polar surface area (TPSA) is 78.1 Å². The van der Waals surface area contributed by atoms with E-state index in [1.807, 2.05) is 0 Å². The maximum Gasteiger partial charge on any atom is 0.338 e. The summed E-state index contributed by atoms with van der Waals surface area (Å²) in [7, 11) is 0. The molecule has 0 saturated heterocycles. The molecule has 0 atom stereocenters. The summed E-state index contributed by atoms with van der Waals surface area (Å²) in [6.45, 7) is -0.114. The van der Waals surface area contributed by atoms with Crippen molar-refractivity contribution in [1.82, 2.24) is 15.1 Å². The van der Waals surface area contributed by atoms with Crippen molar-refractivity contribution in [3.8, 4) is 0 Å². The number of rotatable bonds is 5. The van der Waals surface area contributed by atoms with E-state index in [0.29, 0.717) is 17.8 Å². The molecule has 0 fully saturated rings. The number of benzene rings is 1. The molecule has 0 aliphatic rings. The van der Waals surface area contributed by atoms with Crippen LogP contribution in [0.1, 0.15) is 27.6 Å². The average molecular weight is 313 g/mol. The molecule has 0 aliphatic carbocycles. The summed E-state index contributed by atoms with van der Waals surface area (Å²) >= 11 is 0. The number of hydrogen-bond donors (Lipinski definition) is 0. The molecule has 2 aromatic heterocycles. The van der Waals surface area contributed by atoms with Crippen molar-refractivity contribution in [2.24, 2.45) is 0 Å². The summed E-state index contributed by atoms with van der Waals surface area (Å²) < 4.78 is 22.9. The van der Waals surface area contributed by atoms with Gasteiger partial charge in [0, 0.05) is 18.8 Å². The van der Waals surface area contributed by atoms with Crippen molar-refractivity contribution in [3.05, 3.63) is 77.5 Å². The summed E-state index contributed by atoms with van der Waals surface area (Å²) in [6.07, 6.45) is 3.41. The van der Waals surface area contributed by atoms with Crippen LogP contribution in [0.2, 0.25) is 0 Å². The minimum absolute atomic E-state index is 0.114. The third-order valence-electron chi connectivity index (χ3n) is 3.03. The van der Waals surface area contributed by atoms with E-state index in [1.54, 1.807) is 24.3 Å². The first-order valence-corrected chi connectivity index (χ1v) is 6.84. The molecular weight excluding hydrogens is 301 g/mol. The number of carbonyl (C=O) groups excluding carboxylic acids is 1. The standard InChI is InChI=1S/C16H12FN3O3/c17-13-3-1-11(2-4-13)9-14-19-15(23-20-14)10-22-16(21)12-5-7-18-8-6-12/h1-8H,9-10H2. The SMILES string of the molecule is O=C(OCc1nc(Cc2ccc(F)cc2)no1)c1ccncc1. The molecule has 7 heteroatoms. The first kappa shape index (κ1) is 14.8. The minimum atomic E-state index is -0.495. The van der Waals surface area contributed by atoms with Crippen LogP contribution in [0.5, 0.6) is 0 Å². The fraction of sp³-hybridized carbons (Fsp3) is 0.125. The highest BCUT2D eigenvalue weighted by atomic mass is 19.1. The Hall–Kier alpha value is -3.09. The Kier molecular flexibility index (Phi) is 4.37. The molecule has 23 heavy (non-hydrogen) atoms. The van der Waals surface area contributed by atoms with Gasteiger partial charge in [-0.05, 0) is 29.8 Å². The number of ether oxygens (including phenoxy) is 1. The van der Waals surface area contributed by atoms with Crippen LogP contribution in [-0.4, -0.2) is 21.1 Å². The van der Waals surface area contributed by atoms with Gasteiger partial charge in [-0.25, -0.2) is 9.18 Å². The number of hydrogen-bond acceptors (Lipinski definition) is 6. The molecule has 3 rings (SSSR count). The molecule has 0 aliphatic heterocycles. The van der Waals surface area contributed by atoms with Gasteiger partial charge in [0.25, 0.3) is 5.89 Å². The molecule has 0 N–H and O–H groups in total. The summed E-state index contributed by atoms with van der Waals surface area (Å²) in [5.74, 6) is -0.160. The minimum Gasteiger partial charge on any atom is -0.452 e. The lowest BCUT2D eigenvalue weighted by atomic mass is 10.1. The first-order chi connectivity index (χ1) is 11.2. The largest absolute Gasteiger partial charge is 0.452 e. The highest BCUT2D eigenvalue weighted by molar-refractivity contribution is 5.89. The number of nitrogens with zero attached hydrogens (tertiary/aromatic N) is 3. The van der Waals surface area contributed by atoms with Crippen LogP contribution in [0, 0.1) is 5.82 Å². The number of carbonyl (C=O) groups is 1. The van der Waals surface area contributed by atoms with E-state index < -0.39 is 5.97 Å². The lowest BCUT2D eigenvalue weighted by molar-refractivity contribution is 0.0429. The normalized spacial score (nSPS) is 10.5. The Labute approximate surface area is 130 Å². The Morgan fingerprint density at radius 2 is 1.87 bits per heavy atom. The van der Waals surface area contributed by atoms with E-state index in [4.69, 9.17) is 9.26 Å². The average Bonchev–Trinajstić information content (AvgIpc) is 3.03. The molecule has 0 amide bonds. The summed E-state index contributed by atoms with van der Waals surface area (Å²) in [4.78, 5) is 19.7. The van der Waals surface area contributed by atoms with Crippen LogP contribution in [0.15, 0.2) is 53.3 Å². The number of halogens is 1. The lowest BCUT2D eigenvalue weighted by Gasteiger charge is -2.00. The van der Waals surface area contributed by atoms with Crippen LogP contribution in [-0.2, 0) is 17.8 Å². The van der Waals surface area contributed by atoms with Gasteiger partial charge in [-0.15, -0.1) is 0 Å². The molecule has 2 heterocycles. The second-order valence-electron chi connectivity index (χ2n) is 4.72. The zero-order chi connectivity index (χ0) is 16.1. The zero-order valence-electron chi connectivity index (χ0n) is 12.0. The van der Waals surface area contributed by atoms with Gasteiger partial charge in [0.1, 0.15) is 5.82 Å². The smallest absolute Gasteiger partial charge is 0.338 e. The van der Waals surface area contributed by atoms with Crippen molar-refractivity contribution in [1.29, 1.82) is 0 Å². The van der Waals surface area contributed by atoms with E-state index in [2.05, 4.69) is 15.1 Å². The summed E-state index contributed by atoms with van der Waals surface area (Å²) in [5, 5.41) is 3.80. The third kappa shape index (κ3) is 3.97. The predicted octanol–water partition coefficient (Wildman–Crippen LogP) is 2.55. The van der Waals surface area contributed by atoms with Gasteiger partial charge in [0.15, 0.2) is 12.4 Å². The Bertz CT molecular complexity index is 788.